The van der Waals surface area contributed by atoms with Crippen LogP contribution in [0.25, 0.3) is 0 Å². The Morgan fingerprint density at radius 2 is 1.87 bits per heavy atom. The molecule has 0 unspecified atom stereocenters. The summed E-state index contributed by atoms with van der Waals surface area (Å²) in [5, 5.41) is 5.39. The maximum absolute atomic E-state index is 12.9. The Hall–Kier alpha value is -3.35. The van der Waals surface area contributed by atoms with Crippen molar-refractivity contribution in [1.29, 1.82) is 0 Å². The normalized spacial score (nSPS) is 16.4. The molecule has 5 amide bonds. The van der Waals surface area contributed by atoms with Gasteiger partial charge in [0, 0.05) is 18.8 Å². The molecule has 4 rings (SSSR count). The molecule has 7 nitrogen and oxygen atoms in total. The highest BCUT2D eigenvalue weighted by Crippen LogP contribution is 2.28. The molecule has 2 aromatic carbocycles. The van der Waals surface area contributed by atoms with Gasteiger partial charge >= 0.3 is 12.1 Å². The lowest BCUT2D eigenvalue weighted by Gasteiger charge is -2.30. The van der Waals surface area contributed by atoms with E-state index in [0.29, 0.717) is 24.5 Å². The Morgan fingerprint density at radius 3 is 2.57 bits per heavy atom. The van der Waals surface area contributed by atoms with E-state index in [9.17, 15) is 14.4 Å². The number of anilines is 2. The smallest absolute Gasteiger partial charge is 0.328 e. The number of hydrogen-bond donors (Lipinski definition) is 2. The van der Waals surface area contributed by atoms with Crippen molar-refractivity contribution in [2.24, 2.45) is 0 Å². The van der Waals surface area contributed by atoms with Crippen molar-refractivity contribution in [3.63, 3.8) is 0 Å². The van der Waals surface area contributed by atoms with Crippen LogP contribution in [0.15, 0.2) is 42.5 Å². The van der Waals surface area contributed by atoms with Gasteiger partial charge in [0.2, 0.25) is 0 Å². The number of hydrogen-bond acceptors (Lipinski definition) is 3. The van der Waals surface area contributed by atoms with Gasteiger partial charge < -0.3 is 15.5 Å². The molecule has 2 aliphatic rings. The zero-order valence-electron chi connectivity index (χ0n) is 17.5. The first-order valence-electron chi connectivity index (χ1n) is 10.1. The molecule has 0 saturated carbocycles. The number of nitrogens with zero attached hydrogens (tertiary/aromatic N) is 2. The molecule has 7 heteroatoms. The van der Waals surface area contributed by atoms with Crippen molar-refractivity contribution in [3.8, 4) is 0 Å². The monoisotopic (exact) mass is 406 g/mol. The van der Waals surface area contributed by atoms with E-state index in [2.05, 4.69) is 49.6 Å². The molecule has 156 valence electrons. The maximum Gasteiger partial charge on any atom is 0.329 e. The highest BCUT2D eigenvalue weighted by molar-refractivity contribution is 6.20. The van der Waals surface area contributed by atoms with Gasteiger partial charge in [-0.05, 0) is 46.7 Å². The largest absolute Gasteiger partial charge is 0.329 e. The molecule has 0 radical (unpaired) electrons. The van der Waals surface area contributed by atoms with Gasteiger partial charge in [-0.1, -0.05) is 45.0 Å². The third-order valence-corrected chi connectivity index (χ3v) is 5.57. The number of amides is 5. The summed E-state index contributed by atoms with van der Waals surface area (Å²) in [7, 11) is 0. The van der Waals surface area contributed by atoms with Gasteiger partial charge in [0.1, 0.15) is 0 Å². The predicted octanol–water partition coefficient (Wildman–Crippen LogP) is 3.63. The first-order chi connectivity index (χ1) is 14.2. The molecule has 2 aliphatic heterocycles. The van der Waals surface area contributed by atoms with E-state index in [4.69, 9.17) is 0 Å². The van der Waals surface area contributed by atoms with Crippen molar-refractivity contribution < 1.29 is 14.4 Å². The average molecular weight is 406 g/mol. The lowest BCUT2D eigenvalue weighted by Crippen LogP contribution is -2.39. The molecule has 2 N–H and O–H groups in total. The average Bonchev–Trinajstić information content (AvgIpc) is 3.04. The first-order valence-corrected chi connectivity index (χ1v) is 10.1. The van der Waals surface area contributed by atoms with Gasteiger partial charge in [-0.3, -0.25) is 4.79 Å². The summed E-state index contributed by atoms with van der Waals surface area (Å²) in [5.74, 6) is -0.314. The molecule has 0 aliphatic carbocycles. The van der Waals surface area contributed by atoms with Crippen LogP contribution >= 0.6 is 0 Å². The number of benzene rings is 2. The molecule has 0 atom stereocenters. The van der Waals surface area contributed by atoms with Crippen LogP contribution in [-0.2, 0) is 23.2 Å². The van der Waals surface area contributed by atoms with E-state index in [1.807, 2.05) is 0 Å². The zero-order chi connectivity index (χ0) is 21.5. The van der Waals surface area contributed by atoms with Gasteiger partial charge in [-0.25, -0.2) is 14.5 Å². The fourth-order valence-corrected chi connectivity index (χ4v) is 3.81. The Bertz CT molecular complexity index is 1010. The van der Waals surface area contributed by atoms with Crippen molar-refractivity contribution in [2.75, 3.05) is 23.3 Å². The molecule has 0 bridgehead atoms. The predicted molar refractivity (Wildman–Crippen MR) is 116 cm³/mol. The minimum Gasteiger partial charge on any atom is -0.328 e. The van der Waals surface area contributed by atoms with Crippen LogP contribution in [0.4, 0.5) is 21.0 Å². The van der Waals surface area contributed by atoms with E-state index in [1.54, 1.807) is 29.2 Å². The summed E-state index contributed by atoms with van der Waals surface area (Å²) in [5.41, 5.74) is 4.75. The van der Waals surface area contributed by atoms with Crippen LogP contribution in [0.1, 0.15) is 37.5 Å². The lowest BCUT2D eigenvalue weighted by molar-refractivity contribution is -0.115. The molecular formula is C23H26N4O3. The lowest BCUT2D eigenvalue weighted by atomic mass is 9.84. The van der Waals surface area contributed by atoms with Crippen molar-refractivity contribution in [1.82, 2.24) is 10.2 Å². The van der Waals surface area contributed by atoms with Crippen LogP contribution in [-0.4, -0.2) is 36.0 Å². The summed E-state index contributed by atoms with van der Waals surface area (Å²) in [4.78, 5) is 39.6. The van der Waals surface area contributed by atoms with E-state index in [-0.39, 0.29) is 23.9 Å². The third kappa shape index (κ3) is 3.87. The van der Waals surface area contributed by atoms with E-state index < -0.39 is 6.03 Å². The second kappa shape index (κ2) is 7.48. The minimum atomic E-state index is -0.453. The Labute approximate surface area is 176 Å². The summed E-state index contributed by atoms with van der Waals surface area (Å²) < 4.78 is 0. The first kappa shape index (κ1) is 19.9. The van der Waals surface area contributed by atoms with Gasteiger partial charge in [-0.2, -0.15) is 0 Å². The number of carbonyl (C=O) groups excluding carboxylic acids is 3. The molecular weight excluding hydrogens is 380 g/mol. The number of rotatable bonds is 2. The minimum absolute atomic E-state index is 0.0147. The zero-order valence-corrected chi connectivity index (χ0v) is 17.5. The standard InChI is InChI=1S/C23H26N4O3/c1-23(2,3)17-8-7-15-9-10-26(14-16(15)11-17)22(30)25-18-5-4-6-19(12-18)27-20(28)13-24-21(27)29/h4-8,11-12H,9-10,13-14H2,1-3H3,(H,24,29)(H,25,30). The van der Waals surface area contributed by atoms with E-state index >= 15 is 0 Å². The van der Waals surface area contributed by atoms with Gasteiger partial charge in [-0.15, -0.1) is 0 Å². The summed E-state index contributed by atoms with van der Waals surface area (Å²) >= 11 is 0. The van der Waals surface area contributed by atoms with Gasteiger partial charge in [0.25, 0.3) is 5.91 Å². The van der Waals surface area contributed by atoms with Crippen LogP contribution in [0.5, 0.6) is 0 Å². The van der Waals surface area contributed by atoms with Crippen molar-refractivity contribution in [3.05, 3.63) is 59.2 Å². The van der Waals surface area contributed by atoms with Crippen molar-refractivity contribution >= 4 is 29.3 Å². The highest BCUT2D eigenvalue weighted by Gasteiger charge is 2.30. The number of urea groups is 2. The second-order valence-electron chi connectivity index (χ2n) is 8.77. The highest BCUT2D eigenvalue weighted by atomic mass is 16.2. The molecule has 0 spiro atoms. The molecule has 1 fully saturated rings. The van der Waals surface area contributed by atoms with Crippen molar-refractivity contribution in [2.45, 2.75) is 39.2 Å². The van der Waals surface area contributed by atoms with E-state index in [1.165, 1.54) is 16.7 Å². The Morgan fingerprint density at radius 1 is 1.07 bits per heavy atom. The Balaban J connectivity index is 1.48. The SMILES string of the molecule is CC(C)(C)c1ccc2c(c1)CN(C(=O)Nc1cccc(N3C(=O)CNC3=O)c1)CC2. The molecule has 1 saturated heterocycles. The van der Waals surface area contributed by atoms with Crippen LogP contribution in [0.3, 0.4) is 0 Å². The summed E-state index contributed by atoms with van der Waals surface area (Å²) in [6, 6.07) is 12.7. The molecule has 0 aromatic heterocycles. The topological polar surface area (TPSA) is 81.8 Å². The third-order valence-electron chi connectivity index (χ3n) is 5.57. The number of nitrogens with one attached hydrogen (secondary N) is 2. The van der Waals surface area contributed by atoms with Crippen LogP contribution in [0.2, 0.25) is 0 Å². The Kier molecular flexibility index (Phi) is 4.97. The molecule has 2 aromatic rings. The van der Waals surface area contributed by atoms with Gasteiger partial charge in [0.05, 0.1) is 12.2 Å². The molecule has 30 heavy (non-hydrogen) atoms. The fraction of sp³-hybridized carbons (Fsp3) is 0.348. The number of carbonyl (C=O) groups is 3. The fourth-order valence-electron chi connectivity index (χ4n) is 3.81. The van der Waals surface area contributed by atoms with E-state index in [0.717, 1.165) is 11.3 Å². The van der Waals surface area contributed by atoms with Crippen LogP contribution in [0, 0.1) is 0 Å². The van der Waals surface area contributed by atoms with Gasteiger partial charge in [0.15, 0.2) is 0 Å². The second-order valence-corrected chi connectivity index (χ2v) is 8.77. The number of fused-ring (bicyclic) bond motifs is 1. The van der Waals surface area contributed by atoms with Crippen LogP contribution < -0.4 is 15.5 Å². The summed E-state index contributed by atoms with van der Waals surface area (Å²) in [6.45, 7) is 7.72. The number of imide groups is 1. The quantitative estimate of drug-likeness (QED) is 0.747. The summed E-state index contributed by atoms with van der Waals surface area (Å²) in [6.07, 6.45) is 0.815. The maximum atomic E-state index is 12.9. The molecule has 2 heterocycles.